The molecule has 0 fully saturated rings. The van der Waals surface area contributed by atoms with Gasteiger partial charge in [0.1, 0.15) is 5.75 Å². The fourth-order valence-corrected chi connectivity index (χ4v) is 2.75. The van der Waals surface area contributed by atoms with E-state index in [1.165, 1.54) is 11.1 Å². The van der Waals surface area contributed by atoms with Crippen molar-refractivity contribution in [2.75, 3.05) is 0 Å². The zero-order valence-corrected chi connectivity index (χ0v) is 16.1. The van der Waals surface area contributed by atoms with Gasteiger partial charge in [-0.2, -0.15) is 0 Å². The van der Waals surface area contributed by atoms with E-state index in [9.17, 15) is 4.79 Å². The third-order valence-corrected chi connectivity index (χ3v) is 4.88. The van der Waals surface area contributed by atoms with E-state index in [1.807, 2.05) is 45.9 Å². The van der Waals surface area contributed by atoms with Crippen molar-refractivity contribution in [3.63, 3.8) is 0 Å². The van der Waals surface area contributed by atoms with Gasteiger partial charge in [0.05, 0.1) is 6.04 Å². The molecule has 2 rings (SSSR count). The van der Waals surface area contributed by atoms with E-state index in [1.54, 1.807) is 0 Å². The number of amides is 1. The molecule has 1 amide bonds. The third-order valence-electron chi connectivity index (χ3n) is 4.88. The van der Waals surface area contributed by atoms with E-state index in [2.05, 4.69) is 37.4 Å². The molecule has 2 atom stereocenters. The molecule has 2 aromatic rings. The largest absolute Gasteiger partial charge is 0.480 e. The molecule has 0 bridgehead atoms. The van der Waals surface area contributed by atoms with Gasteiger partial charge in [-0.1, -0.05) is 37.3 Å². The summed E-state index contributed by atoms with van der Waals surface area (Å²) in [6.45, 7) is 12.2. The second-order valence-corrected chi connectivity index (χ2v) is 6.79. The average molecular weight is 339 g/mol. The molecule has 2 aromatic carbocycles. The van der Waals surface area contributed by atoms with Gasteiger partial charge in [-0.05, 0) is 74.9 Å². The van der Waals surface area contributed by atoms with Crippen LogP contribution >= 0.6 is 0 Å². The van der Waals surface area contributed by atoms with Crippen LogP contribution in [0, 0.1) is 27.7 Å². The van der Waals surface area contributed by atoms with Gasteiger partial charge in [-0.3, -0.25) is 4.79 Å². The Bertz CT molecular complexity index is 752. The SMILES string of the molecule is CC[C@@H](Oc1cccc(C)c1C)C(=O)N[C@H](C)c1ccc(C)c(C)c1. The van der Waals surface area contributed by atoms with Gasteiger partial charge in [-0.15, -0.1) is 0 Å². The van der Waals surface area contributed by atoms with Crippen LogP contribution < -0.4 is 10.1 Å². The lowest BCUT2D eigenvalue weighted by Gasteiger charge is -2.22. The van der Waals surface area contributed by atoms with Gasteiger partial charge in [-0.25, -0.2) is 0 Å². The molecule has 1 N–H and O–H groups in total. The van der Waals surface area contributed by atoms with Crippen LogP contribution in [0.25, 0.3) is 0 Å². The fraction of sp³-hybridized carbons (Fsp3) is 0.409. The molecular weight excluding hydrogens is 310 g/mol. The van der Waals surface area contributed by atoms with Crippen molar-refractivity contribution in [1.29, 1.82) is 0 Å². The lowest BCUT2D eigenvalue weighted by atomic mass is 10.0. The number of carbonyl (C=O) groups is 1. The van der Waals surface area contributed by atoms with Crippen LogP contribution in [0.1, 0.15) is 54.1 Å². The Labute approximate surface area is 151 Å². The average Bonchev–Trinajstić information content (AvgIpc) is 2.58. The highest BCUT2D eigenvalue weighted by Gasteiger charge is 2.21. The first-order valence-corrected chi connectivity index (χ1v) is 8.93. The molecule has 25 heavy (non-hydrogen) atoms. The van der Waals surface area contributed by atoms with Gasteiger partial charge >= 0.3 is 0 Å². The monoisotopic (exact) mass is 339 g/mol. The van der Waals surface area contributed by atoms with E-state index in [4.69, 9.17) is 4.74 Å². The van der Waals surface area contributed by atoms with Gasteiger partial charge < -0.3 is 10.1 Å². The Hall–Kier alpha value is -2.29. The number of hydrogen-bond donors (Lipinski definition) is 1. The van der Waals surface area contributed by atoms with E-state index in [-0.39, 0.29) is 11.9 Å². The number of hydrogen-bond acceptors (Lipinski definition) is 2. The van der Waals surface area contributed by atoms with Crippen LogP contribution in [-0.2, 0) is 4.79 Å². The molecule has 0 aromatic heterocycles. The second-order valence-electron chi connectivity index (χ2n) is 6.79. The maximum absolute atomic E-state index is 12.7. The highest BCUT2D eigenvalue weighted by atomic mass is 16.5. The summed E-state index contributed by atoms with van der Waals surface area (Å²) in [6, 6.07) is 12.2. The first-order valence-electron chi connectivity index (χ1n) is 8.93. The van der Waals surface area contributed by atoms with Crippen molar-refractivity contribution in [3.8, 4) is 5.75 Å². The van der Waals surface area contributed by atoms with Crippen molar-refractivity contribution in [2.45, 2.75) is 60.1 Å². The summed E-state index contributed by atoms with van der Waals surface area (Å²) in [7, 11) is 0. The molecule has 0 saturated carbocycles. The number of nitrogens with one attached hydrogen (secondary N) is 1. The fourth-order valence-electron chi connectivity index (χ4n) is 2.75. The molecule has 0 unspecified atom stereocenters. The normalized spacial score (nSPS) is 13.2. The predicted octanol–water partition coefficient (Wildman–Crippen LogP) is 4.96. The van der Waals surface area contributed by atoms with Gasteiger partial charge in [0.2, 0.25) is 0 Å². The van der Waals surface area contributed by atoms with E-state index in [0.717, 1.165) is 22.4 Å². The van der Waals surface area contributed by atoms with Crippen molar-refractivity contribution in [1.82, 2.24) is 5.32 Å². The molecule has 3 nitrogen and oxygen atoms in total. The van der Waals surface area contributed by atoms with E-state index in [0.29, 0.717) is 6.42 Å². The second kappa shape index (κ2) is 8.19. The quantitative estimate of drug-likeness (QED) is 0.808. The van der Waals surface area contributed by atoms with Crippen LogP contribution in [0.3, 0.4) is 0 Å². The van der Waals surface area contributed by atoms with Crippen LogP contribution in [-0.4, -0.2) is 12.0 Å². The summed E-state index contributed by atoms with van der Waals surface area (Å²) in [6.07, 6.45) is 0.133. The molecule has 0 radical (unpaired) electrons. The summed E-state index contributed by atoms with van der Waals surface area (Å²) >= 11 is 0. The van der Waals surface area contributed by atoms with Crippen molar-refractivity contribution >= 4 is 5.91 Å². The number of carbonyl (C=O) groups excluding carboxylic acids is 1. The Morgan fingerprint density at radius 3 is 2.40 bits per heavy atom. The van der Waals surface area contributed by atoms with Gasteiger partial charge in [0.25, 0.3) is 5.91 Å². The molecule has 0 aliphatic rings. The van der Waals surface area contributed by atoms with Crippen LogP contribution in [0.4, 0.5) is 0 Å². The Balaban J connectivity index is 2.08. The minimum absolute atomic E-state index is 0.0527. The Kier molecular flexibility index (Phi) is 6.24. The predicted molar refractivity (Wildman–Crippen MR) is 103 cm³/mol. The molecule has 3 heteroatoms. The number of ether oxygens (including phenoxy) is 1. The lowest BCUT2D eigenvalue weighted by molar-refractivity contribution is -0.128. The summed E-state index contributed by atoms with van der Waals surface area (Å²) in [5, 5.41) is 3.08. The van der Waals surface area contributed by atoms with Gasteiger partial charge in [0, 0.05) is 0 Å². The summed E-state index contributed by atoms with van der Waals surface area (Å²) in [4.78, 5) is 12.7. The van der Waals surface area contributed by atoms with Crippen molar-refractivity contribution in [3.05, 3.63) is 64.2 Å². The Morgan fingerprint density at radius 2 is 1.76 bits per heavy atom. The molecular formula is C22H29NO2. The van der Waals surface area contributed by atoms with Crippen LogP contribution in [0.15, 0.2) is 36.4 Å². The molecule has 134 valence electrons. The first kappa shape index (κ1) is 19.0. The highest BCUT2D eigenvalue weighted by Crippen LogP contribution is 2.23. The Morgan fingerprint density at radius 1 is 1.04 bits per heavy atom. The van der Waals surface area contributed by atoms with Gasteiger partial charge in [0.15, 0.2) is 6.10 Å². The topological polar surface area (TPSA) is 38.3 Å². The number of benzene rings is 2. The maximum atomic E-state index is 12.7. The first-order chi connectivity index (χ1) is 11.8. The molecule has 0 heterocycles. The summed E-state index contributed by atoms with van der Waals surface area (Å²) in [5.41, 5.74) is 5.84. The zero-order chi connectivity index (χ0) is 18.6. The molecule has 0 spiro atoms. The standard InChI is InChI=1S/C22H29NO2/c1-7-20(25-21-10-8-9-15(3)17(21)5)22(24)23-18(6)19-12-11-14(2)16(4)13-19/h8-13,18,20H,7H2,1-6H3,(H,23,24)/t18-,20-/m1/s1. The van der Waals surface area contributed by atoms with Crippen molar-refractivity contribution < 1.29 is 9.53 Å². The zero-order valence-electron chi connectivity index (χ0n) is 16.1. The maximum Gasteiger partial charge on any atom is 0.261 e. The van der Waals surface area contributed by atoms with Crippen molar-refractivity contribution in [2.24, 2.45) is 0 Å². The van der Waals surface area contributed by atoms with E-state index >= 15 is 0 Å². The molecule has 0 saturated heterocycles. The smallest absolute Gasteiger partial charge is 0.261 e. The number of aryl methyl sites for hydroxylation is 3. The number of rotatable bonds is 6. The third kappa shape index (κ3) is 4.62. The summed E-state index contributed by atoms with van der Waals surface area (Å²) in [5.74, 6) is 0.704. The van der Waals surface area contributed by atoms with E-state index < -0.39 is 6.10 Å². The molecule has 0 aliphatic carbocycles. The molecule has 0 aliphatic heterocycles. The lowest BCUT2D eigenvalue weighted by Crippen LogP contribution is -2.39. The summed E-state index contributed by atoms with van der Waals surface area (Å²) < 4.78 is 6.00. The van der Waals surface area contributed by atoms with Crippen LogP contribution in [0.2, 0.25) is 0 Å². The minimum Gasteiger partial charge on any atom is -0.480 e. The van der Waals surface area contributed by atoms with Crippen LogP contribution in [0.5, 0.6) is 5.75 Å². The highest BCUT2D eigenvalue weighted by molar-refractivity contribution is 5.81. The minimum atomic E-state index is -0.491.